The molecule has 23 N–H and O–H groups in total. The highest BCUT2D eigenvalue weighted by molar-refractivity contribution is 5.97. The lowest BCUT2D eigenvalue weighted by Gasteiger charge is -2.28. The highest BCUT2D eigenvalue weighted by Crippen LogP contribution is 2.09. The third-order valence-electron chi connectivity index (χ3n) is 10.5. The molecule has 0 aliphatic heterocycles. The molecule has 8 amide bonds. The number of aliphatic imine (C=N–C) groups is 2. The van der Waals surface area contributed by atoms with Crippen molar-refractivity contribution < 1.29 is 53.4 Å². The third-order valence-corrected chi connectivity index (χ3v) is 10.5. The predicted molar refractivity (Wildman–Crippen MR) is 260 cm³/mol. The van der Waals surface area contributed by atoms with E-state index in [1.807, 2.05) is 19.0 Å². The van der Waals surface area contributed by atoms with Crippen LogP contribution in [0.2, 0.25) is 0 Å². The molecule has 10 atom stereocenters. The van der Waals surface area contributed by atoms with Crippen molar-refractivity contribution in [3.05, 3.63) is 0 Å². The summed E-state index contributed by atoms with van der Waals surface area (Å²) >= 11 is 0. The van der Waals surface area contributed by atoms with Gasteiger partial charge in [-0.15, -0.1) is 0 Å². The van der Waals surface area contributed by atoms with Crippen LogP contribution in [0.3, 0.4) is 0 Å². The van der Waals surface area contributed by atoms with E-state index in [0.29, 0.717) is 32.0 Å². The van der Waals surface area contributed by atoms with Crippen molar-refractivity contribution in [3.63, 3.8) is 0 Å². The molecule has 0 aromatic rings. The van der Waals surface area contributed by atoms with Crippen molar-refractivity contribution in [2.45, 2.75) is 158 Å². The molecule has 0 unspecified atom stereocenters. The molecular formula is C42H81N17O11. The van der Waals surface area contributed by atoms with Crippen LogP contribution in [0.1, 0.15) is 97.8 Å². The molecule has 400 valence electrons. The summed E-state index contributed by atoms with van der Waals surface area (Å²) in [6, 6.07) is -10.9. The van der Waals surface area contributed by atoms with E-state index in [1.165, 1.54) is 13.8 Å². The highest BCUT2D eigenvalue weighted by atomic mass is 16.3. The van der Waals surface area contributed by atoms with Gasteiger partial charge in [0.05, 0.1) is 24.3 Å². The Hall–Kier alpha value is -6.23. The molecule has 0 aromatic carbocycles. The van der Waals surface area contributed by atoms with E-state index in [9.17, 15) is 53.4 Å². The van der Waals surface area contributed by atoms with Crippen LogP contribution >= 0.6 is 0 Å². The summed E-state index contributed by atoms with van der Waals surface area (Å²) < 4.78 is 0. The highest BCUT2D eigenvalue weighted by Gasteiger charge is 2.35. The van der Waals surface area contributed by atoms with Crippen molar-refractivity contribution in [2.75, 3.05) is 40.3 Å². The minimum Gasteiger partial charge on any atom is -0.391 e. The van der Waals surface area contributed by atoms with Crippen molar-refractivity contribution >= 4 is 65.5 Å². The van der Waals surface area contributed by atoms with E-state index in [2.05, 4.69) is 47.2 Å². The molecule has 0 bridgehead atoms. The molecule has 70 heavy (non-hydrogen) atoms. The lowest BCUT2D eigenvalue weighted by Crippen LogP contribution is -2.62. The first kappa shape index (κ1) is 63.8. The van der Waals surface area contributed by atoms with Crippen LogP contribution in [0.4, 0.5) is 0 Å². The minimum atomic E-state index is -1.76. The van der Waals surface area contributed by atoms with Gasteiger partial charge in [-0.2, -0.15) is 0 Å². The Kier molecular flexibility index (Phi) is 31.8. The number of nitrogens with two attached hydrogens (primary N) is 7. The molecule has 0 saturated carbocycles. The van der Waals surface area contributed by atoms with Crippen LogP contribution in [0.5, 0.6) is 0 Å². The molecule has 0 aliphatic carbocycles. The SMILES string of the molecule is C[C@H](NC(=O)[C@@H](NC(=O)[C@H](CCC(N)=O)NC(=O)[C@H](CCCCN)NC(=O)[C@@H](NC(=O)[C@@H](N)CCCN=C(N)N)[C@@H](C)O)[C@@H](C)O)C(=O)N[C@@H](CCCN=C(N)N)C(=O)N[C@H](C=O)CCCCN(C)C. The van der Waals surface area contributed by atoms with Crippen LogP contribution in [0, 0.1) is 0 Å². The molecule has 0 fully saturated rings. The fourth-order valence-corrected chi connectivity index (χ4v) is 6.51. The maximum Gasteiger partial charge on any atom is 0.245 e. The number of nitrogens with zero attached hydrogens (tertiary/aromatic N) is 3. The topological polar surface area (TPSA) is 488 Å². The van der Waals surface area contributed by atoms with Gasteiger partial charge in [-0.05, 0) is 119 Å². The summed E-state index contributed by atoms with van der Waals surface area (Å²) in [5, 5.41) is 38.3. The van der Waals surface area contributed by atoms with Crippen LogP contribution in [-0.2, 0) is 43.2 Å². The van der Waals surface area contributed by atoms with Crippen LogP contribution < -0.4 is 77.4 Å². The monoisotopic (exact) mass is 1000 g/mol. The summed E-state index contributed by atoms with van der Waals surface area (Å²) in [6.45, 7) is 4.95. The van der Waals surface area contributed by atoms with Gasteiger partial charge in [-0.25, -0.2) is 0 Å². The summed E-state index contributed by atoms with van der Waals surface area (Å²) in [6.07, 6.45) is -0.246. The van der Waals surface area contributed by atoms with E-state index in [1.54, 1.807) is 0 Å². The fourth-order valence-electron chi connectivity index (χ4n) is 6.51. The number of aldehydes is 1. The number of carbonyl (C=O) groups is 9. The normalized spacial score (nSPS) is 15.3. The van der Waals surface area contributed by atoms with Crippen LogP contribution in [0.15, 0.2) is 9.98 Å². The zero-order valence-electron chi connectivity index (χ0n) is 41.1. The Labute approximate surface area is 409 Å². The van der Waals surface area contributed by atoms with Gasteiger partial charge in [0.1, 0.15) is 42.5 Å². The smallest absolute Gasteiger partial charge is 0.245 e. The predicted octanol–water partition coefficient (Wildman–Crippen LogP) is -7.08. The first-order valence-electron chi connectivity index (χ1n) is 23.3. The van der Waals surface area contributed by atoms with Crippen LogP contribution in [0.25, 0.3) is 0 Å². The number of guanidine groups is 2. The zero-order valence-corrected chi connectivity index (χ0v) is 41.1. The number of rotatable bonds is 37. The third kappa shape index (κ3) is 27.7. The number of hydrogen-bond donors (Lipinski definition) is 16. The summed E-state index contributed by atoms with van der Waals surface area (Å²) in [7, 11) is 3.81. The maximum atomic E-state index is 13.8. The number of carbonyl (C=O) groups excluding carboxylic acids is 9. The number of amides is 8. The molecule has 28 nitrogen and oxygen atoms in total. The maximum absolute atomic E-state index is 13.8. The van der Waals surface area contributed by atoms with Crippen molar-refractivity contribution in [1.82, 2.24) is 42.1 Å². The molecule has 0 spiro atoms. The van der Waals surface area contributed by atoms with Crippen molar-refractivity contribution in [1.29, 1.82) is 0 Å². The number of primary amides is 1. The van der Waals surface area contributed by atoms with Gasteiger partial charge in [-0.1, -0.05) is 0 Å². The van der Waals surface area contributed by atoms with Gasteiger partial charge in [0, 0.05) is 19.5 Å². The fraction of sp³-hybridized carbons (Fsp3) is 0.738. The number of aliphatic hydroxyl groups is 2. The van der Waals surface area contributed by atoms with Gasteiger partial charge >= 0.3 is 0 Å². The van der Waals surface area contributed by atoms with Gasteiger partial charge < -0.3 is 97.3 Å². The second-order valence-electron chi connectivity index (χ2n) is 17.2. The van der Waals surface area contributed by atoms with E-state index in [4.69, 9.17) is 40.1 Å². The van der Waals surface area contributed by atoms with E-state index < -0.39 is 121 Å². The van der Waals surface area contributed by atoms with Gasteiger partial charge in [0.2, 0.25) is 47.3 Å². The second kappa shape index (κ2) is 35.0. The van der Waals surface area contributed by atoms with Gasteiger partial charge in [-0.3, -0.25) is 48.3 Å². The van der Waals surface area contributed by atoms with Gasteiger partial charge in [0.25, 0.3) is 0 Å². The Morgan fingerprint density at radius 3 is 1.49 bits per heavy atom. The largest absolute Gasteiger partial charge is 0.391 e. The number of nitrogens with one attached hydrogen (secondary N) is 7. The molecule has 0 radical (unpaired) electrons. The molecule has 0 saturated heterocycles. The Balaban J connectivity index is 6.24. The number of aliphatic hydroxyl groups excluding tert-OH is 2. The van der Waals surface area contributed by atoms with Crippen molar-refractivity contribution in [2.24, 2.45) is 50.1 Å². The second-order valence-corrected chi connectivity index (χ2v) is 17.2. The van der Waals surface area contributed by atoms with E-state index >= 15 is 0 Å². The average Bonchev–Trinajstić information content (AvgIpc) is 3.27. The lowest BCUT2D eigenvalue weighted by atomic mass is 10.0. The Bertz CT molecular complexity index is 1740. The average molecular weight is 1000 g/mol. The number of hydrogen-bond acceptors (Lipinski definition) is 16. The molecule has 0 aliphatic rings. The van der Waals surface area contributed by atoms with Crippen molar-refractivity contribution in [3.8, 4) is 0 Å². The standard InChI is InChI=1S/C42H81N17O11/c1-23(34(64)54-29(15-11-20-51-42(48)49)36(66)53-26(22-60)12-7-9-21-59(4)5)52-39(69)32(24(2)61)58-38(68)30(16-17-31(45)63)55-37(67)28(14-6-8-18-43)56-40(70)33(25(3)62)57-35(65)27(44)13-10-19-50-41(46)47/h22-30,32-33,61-62H,6-21,43-44H2,1-5H3,(H2,45,63)(H,52,69)(H,53,66)(H,54,64)(H,55,67)(H,56,70)(H,57,65)(H,58,68)(H4,46,47,50)(H4,48,49,51)/t23-,24+,25+,26-,27-,28-,29-,30-,32-,33-/m0/s1. The minimum absolute atomic E-state index is 0.0274. The Morgan fingerprint density at radius 2 is 0.986 bits per heavy atom. The molecule has 0 heterocycles. The summed E-state index contributed by atoms with van der Waals surface area (Å²) in [4.78, 5) is 128. The molecule has 0 rings (SSSR count). The quantitative estimate of drug-likeness (QED) is 0.0119. The van der Waals surface area contributed by atoms with E-state index in [0.717, 1.165) is 19.9 Å². The Morgan fingerprint density at radius 1 is 0.543 bits per heavy atom. The van der Waals surface area contributed by atoms with Gasteiger partial charge in [0.15, 0.2) is 11.9 Å². The molecule has 28 heteroatoms. The lowest BCUT2D eigenvalue weighted by molar-refractivity contribution is -0.137. The first-order chi connectivity index (χ1) is 32.8. The summed E-state index contributed by atoms with van der Waals surface area (Å²) in [5.74, 6) is -7.60. The summed E-state index contributed by atoms with van der Waals surface area (Å²) in [5.41, 5.74) is 38.4. The molecular weight excluding hydrogens is 919 g/mol. The number of unbranched alkanes of at least 4 members (excludes halogenated alkanes) is 2. The molecule has 0 aromatic heterocycles. The first-order valence-corrected chi connectivity index (χ1v) is 23.3. The van der Waals surface area contributed by atoms with Crippen LogP contribution in [-0.4, -0.2) is 181 Å². The zero-order chi connectivity index (χ0) is 53.5. The van der Waals surface area contributed by atoms with E-state index in [-0.39, 0.29) is 63.7 Å².